The summed E-state index contributed by atoms with van der Waals surface area (Å²) in [7, 11) is 0. The number of benzene rings is 1. The fourth-order valence-electron chi connectivity index (χ4n) is 1.02. The first-order chi connectivity index (χ1) is 7.26. The van der Waals surface area contributed by atoms with Crippen LogP contribution >= 0.6 is 0 Å². The zero-order valence-corrected chi connectivity index (χ0v) is 8.62. The van der Waals surface area contributed by atoms with E-state index >= 15 is 0 Å². The maximum Gasteiger partial charge on any atom is 0.333 e. The Hall–Kier alpha value is -1.75. The molecule has 0 saturated heterocycles. The number of urea groups is 1. The molecule has 0 radical (unpaired) electrons. The van der Waals surface area contributed by atoms with Crippen molar-refractivity contribution in [3.8, 4) is 5.75 Å². The number of rotatable bonds is 4. The maximum absolute atomic E-state index is 10.9. The standard InChI is InChI=1S/C10H15N3O2/c1-2-7-15-9-5-3-8(4-6-9)12-10(14)13-11/h3-6H,2,7,11H2,1H3,(H2,12,13,14). The number of nitrogens with one attached hydrogen (secondary N) is 2. The molecule has 0 fully saturated rings. The van der Waals surface area contributed by atoms with Crippen molar-refractivity contribution < 1.29 is 9.53 Å². The van der Waals surface area contributed by atoms with Crippen LogP contribution in [0.2, 0.25) is 0 Å². The average Bonchev–Trinajstić information content (AvgIpc) is 2.28. The lowest BCUT2D eigenvalue weighted by Gasteiger charge is -2.06. The van der Waals surface area contributed by atoms with Crippen LogP contribution in [0.5, 0.6) is 5.75 Å². The molecule has 4 N–H and O–H groups in total. The second kappa shape index (κ2) is 5.87. The minimum Gasteiger partial charge on any atom is -0.494 e. The van der Waals surface area contributed by atoms with Crippen LogP contribution in [0.25, 0.3) is 0 Å². The number of carbonyl (C=O) groups is 1. The number of ether oxygens (including phenoxy) is 1. The first-order valence-corrected chi connectivity index (χ1v) is 4.76. The zero-order valence-electron chi connectivity index (χ0n) is 8.62. The molecule has 0 unspecified atom stereocenters. The van der Waals surface area contributed by atoms with Crippen LogP contribution in [0.3, 0.4) is 0 Å². The summed E-state index contributed by atoms with van der Waals surface area (Å²) in [6.07, 6.45) is 0.968. The minimum atomic E-state index is -0.447. The quantitative estimate of drug-likeness (QED) is 0.399. The Bertz CT molecular complexity index is 311. The Morgan fingerprint density at radius 2 is 2.07 bits per heavy atom. The van der Waals surface area contributed by atoms with Gasteiger partial charge in [-0.05, 0) is 30.7 Å². The Morgan fingerprint density at radius 3 is 2.60 bits per heavy atom. The van der Waals surface area contributed by atoms with Gasteiger partial charge in [-0.1, -0.05) is 6.92 Å². The van der Waals surface area contributed by atoms with Crippen molar-refractivity contribution in [2.45, 2.75) is 13.3 Å². The van der Waals surface area contributed by atoms with Gasteiger partial charge in [0.25, 0.3) is 0 Å². The van der Waals surface area contributed by atoms with Gasteiger partial charge in [-0.25, -0.2) is 10.6 Å². The second-order valence-electron chi connectivity index (χ2n) is 2.97. The molecular weight excluding hydrogens is 194 g/mol. The SMILES string of the molecule is CCCOc1ccc(NC(=O)NN)cc1. The molecule has 0 aliphatic rings. The van der Waals surface area contributed by atoms with Crippen LogP contribution in [0.1, 0.15) is 13.3 Å². The summed E-state index contributed by atoms with van der Waals surface area (Å²) in [6, 6.07) is 6.64. The molecule has 1 rings (SSSR count). The molecular formula is C10H15N3O2. The van der Waals surface area contributed by atoms with Crippen LogP contribution in [0.15, 0.2) is 24.3 Å². The number of hydrogen-bond acceptors (Lipinski definition) is 3. The highest BCUT2D eigenvalue weighted by molar-refractivity contribution is 5.88. The summed E-state index contributed by atoms with van der Waals surface area (Å²) >= 11 is 0. The molecule has 0 aliphatic heterocycles. The van der Waals surface area contributed by atoms with E-state index in [1.54, 1.807) is 24.3 Å². The molecule has 0 heterocycles. The highest BCUT2D eigenvalue weighted by Gasteiger charge is 1.98. The maximum atomic E-state index is 10.9. The number of hydrogen-bond donors (Lipinski definition) is 3. The van der Waals surface area contributed by atoms with E-state index < -0.39 is 6.03 Å². The van der Waals surface area contributed by atoms with Crippen LogP contribution < -0.4 is 21.3 Å². The molecule has 5 heteroatoms. The van der Waals surface area contributed by atoms with Gasteiger partial charge in [0.2, 0.25) is 0 Å². The summed E-state index contributed by atoms with van der Waals surface area (Å²) in [5, 5.41) is 2.54. The van der Waals surface area contributed by atoms with Crippen molar-refractivity contribution in [2.24, 2.45) is 5.84 Å². The zero-order chi connectivity index (χ0) is 11.1. The molecule has 1 aromatic carbocycles. The third-order valence-electron chi connectivity index (χ3n) is 1.72. The highest BCUT2D eigenvalue weighted by atomic mass is 16.5. The van der Waals surface area contributed by atoms with Gasteiger partial charge in [0.05, 0.1) is 6.61 Å². The molecule has 0 aliphatic carbocycles. The van der Waals surface area contributed by atoms with Crippen molar-refractivity contribution in [2.75, 3.05) is 11.9 Å². The Labute approximate surface area is 88.6 Å². The normalized spacial score (nSPS) is 9.47. The van der Waals surface area contributed by atoms with E-state index in [0.29, 0.717) is 12.3 Å². The Kier molecular flexibility index (Phi) is 4.43. The molecule has 82 valence electrons. The third kappa shape index (κ3) is 3.86. The van der Waals surface area contributed by atoms with Gasteiger partial charge >= 0.3 is 6.03 Å². The summed E-state index contributed by atoms with van der Waals surface area (Å²) in [5.41, 5.74) is 2.65. The fraction of sp³-hybridized carbons (Fsp3) is 0.300. The fourth-order valence-corrected chi connectivity index (χ4v) is 1.02. The molecule has 0 saturated carbocycles. The molecule has 1 aromatic rings. The predicted molar refractivity (Wildman–Crippen MR) is 58.6 cm³/mol. The predicted octanol–water partition coefficient (Wildman–Crippen LogP) is 1.47. The molecule has 5 nitrogen and oxygen atoms in total. The number of carbonyl (C=O) groups excluding carboxylic acids is 1. The van der Waals surface area contributed by atoms with Crippen molar-refractivity contribution in [1.29, 1.82) is 0 Å². The summed E-state index contributed by atoms with van der Waals surface area (Å²) in [4.78, 5) is 10.9. The van der Waals surface area contributed by atoms with Gasteiger partial charge in [-0.3, -0.25) is 5.43 Å². The molecule has 15 heavy (non-hydrogen) atoms. The first-order valence-electron chi connectivity index (χ1n) is 4.76. The van der Waals surface area contributed by atoms with Gasteiger partial charge in [0.15, 0.2) is 0 Å². The molecule has 2 amide bonds. The summed E-state index contributed by atoms with van der Waals surface area (Å²) in [6.45, 7) is 2.73. The summed E-state index contributed by atoms with van der Waals surface area (Å²) in [5.74, 6) is 5.72. The lowest BCUT2D eigenvalue weighted by atomic mass is 10.3. The van der Waals surface area contributed by atoms with E-state index in [4.69, 9.17) is 10.6 Å². The van der Waals surface area contributed by atoms with E-state index in [-0.39, 0.29) is 0 Å². The first kappa shape index (κ1) is 11.3. The molecule has 0 bridgehead atoms. The number of amides is 2. The van der Waals surface area contributed by atoms with E-state index in [1.807, 2.05) is 12.3 Å². The van der Waals surface area contributed by atoms with Crippen molar-refractivity contribution in [3.63, 3.8) is 0 Å². The third-order valence-corrected chi connectivity index (χ3v) is 1.72. The van der Waals surface area contributed by atoms with Gasteiger partial charge in [0, 0.05) is 5.69 Å². The van der Waals surface area contributed by atoms with Crippen molar-refractivity contribution in [1.82, 2.24) is 5.43 Å². The Balaban J connectivity index is 2.52. The smallest absolute Gasteiger partial charge is 0.333 e. The Morgan fingerprint density at radius 1 is 1.40 bits per heavy atom. The largest absolute Gasteiger partial charge is 0.494 e. The lowest BCUT2D eigenvalue weighted by molar-refractivity contribution is 0.252. The van der Waals surface area contributed by atoms with Gasteiger partial charge in [-0.15, -0.1) is 0 Å². The van der Waals surface area contributed by atoms with Crippen molar-refractivity contribution in [3.05, 3.63) is 24.3 Å². The number of hydrazine groups is 1. The van der Waals surface area contributed by atoms with Crippen LogP contribution in [0.4, 0.5) is 10.5 Å². The van der Waals surface area contributed by atoms with Crippen LogP contribution in [0, 0.1) is 0 Å². The van der Waals surface area contributed by atoms with E-state index in [1.165, 1.54) is 0 Å². The van der Waals surface area contributed by atoms with E-state index in [0.717, 1.165) is 12.2 Å². The van der Waals surface area contributed by atoms with Gasteiger partial charge in [-0.2, -0.15) is 0 Å². The van der Waals surface area contributed by atoms with Crippen LogP contribution in [-0.2, 0) is 0 Å². The van der Waals surface area contributed by atoms with E-state index in [2.05, 4.69) is 5.32 Å². The van der Waals surface area contributed by atoms with Crippen molar-refractivity contribution >= 4 is 11.7 Å². The number of nitrogens with two attached hydrogens (primary N) is 1. The average molecular weight is 209 g/mol. The monoisotopic (exact) mass is 209 g/mol. The van der Waals surface area contributed by atoms with Gasteiger partial charge < -0.3 is 10.1 Å². The molecule has 0 atom stereocenters. The molecule has 0 aromatic heterocycles. The number of anilines is 1. The van der Waals surface area contributed by atoms with E-state index in [9.17, 15) is 4.79 Å². The van der Waals surface area contributed by atoms with Gasteiger partial charge in [0.1, 0.15) is 5.75 Å². The lowest BCUT2D eigenvalue weighted by Crippen LogP contribution is -2.34. The minimum absolute atomic E-state index is 0.447. The van der Waals surface area contributed by atoms with Crippen LogP contribution in [-0.4, -0.2) is 12.6 Å². The topological polar surface area (TPSA) is 76.4 Å². The molecule has 0 spiro atoms. The summed E-state index contributed by atoms with van der Waals surface area (Å²) < 4.78 is 5.39. The second-order valence-corrected chi connectivity index (χ2v) is 2.97. The highest BCUT2D eigenvalue weighted by Crippen LogP contribution is 2.15.